The molecule has 0 aliphatic carbocycles. The lowest BCUT2D eigenvalue weighted by Crippen LogP contribution is -2.45. The molecule has 0 radical (unpaired) electrons. The maximum Gasteiger partial charge on any atom is 0.549 e. The first-order chi connectivity index (χ1) is 64.9. The second-order valence-corrected chi connectivity index (χ2v) is 48.9. The largest absolute Gasteiger partial charge is 0.549 e. The van der Waals surface area contributed by atoms with Gasteiger partial charge in [-0.05, 0) is 191 Å². The Bertz CT molecular complexity index is 5210. The average molecular weight is 2020 g/mol. The predicted octanol–water partition coefficient (Wildman–Crippen LogP) is 10.2. The van der Waals surface area contributed by atoms with Crippen LogP contribution in [0.5, 0.6) is 0 Å². The summed E-state index contributed by atoms with van der Waals surface area (Å²) in [6.45, 7) is 5.84. The summed E-state index contributed by atoms with van der Waals surface area (Å²) >= 11 is 0. The molecule has 0 bridgehead atoms. The van der Waals surface area contributed by atoms with Gasteiger partial charge in [-0.15, -0.1) is 0 Å². The molecule has 0 saturated heterocycles. The number of carbonyl (C=O) groups is 8. The molecule has 736 valence electrons. The average Bonchev–Trinajstić information content (AvgIpc) is 0.693. The fraction of sp³-hybridized carbons (Fsp3) is 0.455. The van der Waals surface area contributed by atoms with Gasteiger partial charge in [-0.1, -0.05) is 61.9 Å². The summed E-state index contributed by atoms with van der Waals surface area (Å²) in [5.74, 6) is -3.89. The number of esters is 4. The molecule has 0 spiro atoms. The molecular weight excluding hydrogens is 1890 g/mol. The smallest absolute Gasteiger partial charge is 0.386 e. The molecule has 0 unspecified atom stereocenters. The zero-order valence-corrected chi connectivity index (χ0v) is 87.9. The third-order valence-electron chi connectivity index (χ3n) is 23.6. The molecule has 47 heteroatoms. The summed E-state index contributed by atoms with van der Waals surface area (Å²) in [7, 11) is 11.4. The topological polar surface area (TPSA) is 526 Å². The van der Waals surface area contributed by atoms with Gasteiger partial charge in [0.25, 0.3) is 23.6 Å². The van der Waals surface area contributed by atoms with Gasteiger partial charge < -0.3 is 118 Å². The Morgan fingerprint density at radius 3 is 0.541 bits per heavy atom. The van der Waals surface area contributed by atoms with Crippen LogP contribution in [-0.4, -0.2) is 303 Å². The van der Waals surface area contributed by atoms with Crippen LogP contribution in [0.15, 0.2) is 97.1 Å². The molecule has 14 rings (SSSR count). The summed E-state index contributed by atoms with van der Waals surface area (Å²) in [6, 6.07) is 33.1. The van der Waals surface area contributed by atoms with Crippen molar-refractivity contribution in [2.75, 3.05) is 174 Å². The molecule has 4 heterocycles. The second kappa shape index (κ2) is 54.7. The first-order valence-electron chi connectivity index (χ1n) is 43.0. The first-order valence-corrected chi connectivity index (χ1v) is 56.2. The van der Waals surface area contributed by atoms with Crippen molar-refractivity contribution >= 4 is 205 Å². The molecule has 0 atom stereocenters. The van der Waals surface area contributed by atoms with Crippen LogP contribution in [0.2, 0.25) is 36.3 Å². The van der Waals surface area contributed by atoms with Crippen LogP contribution in [0.25, 0.3) is 86.2 Å². The number of carbonyl (C=O) groups excluding carboxylic acids is 8. The Kier molecular flexibility index (Phi) is 46.6. The summed E-state index contributed by atoms with van der Waals surface area (Å²) in [6.07, 6.45) is 6.48. The summed E-state index contributed by atoms with van der Waals surface area (Å²) in [5.41, 5.74) is 30.1. The number of rotatable bonds is 40. The number of benzene rings is 10. The fourth-order valence-electron chi connectivity index (χ4n) is 16.4. The first kappa shape index (κ1) is 115. The number of nitrogens with zero attached hydrogens (tertiary/aromatic N) is 2. The number of hydrogen-bond acceptors (Lipinski definition) is 37. The minimum Gasteiger partial charge on any atom is -0.386 e. The third-order valence-corrected chi connectivity index (χ3v) is 40.6. The van der Waals surface area contributed by atoms with Gasteiger partial charge in [-0.2, -0.15) is 0 Å². The van der Waals surface area contributed by atoms with Crippen molar-refractivity contribution in [2.24, 2.45) is 28.7 Å². The SMILES string of the molecule is CCCCN1C(=O)c2ccc3c4ccc5c6c(ccc(c7ccc(c2c37)C1=O)c64)C(=O)N(CCC[Si](OC)(OC)OC)C5=O.CO[Si](CCCN)(OC)OC.CO[Si](CCCN)(OC)OC.CO[Si](CCCN)(OC)OC.CO[Si](CCCN)(OC)OC.CO[Si](CCCN)(OC)OC.O=C1OC(=O)c2ccc3c4ccc5c6c(ccc(c7ccc1c2c73)c64)C(=O)OC5=O.O=[Si]=O.O=[Si]=O. The van der Waals surface area contributed by atoms with Crippen molar-refractivity contribution in [3.8, 4) is 0 Å². The monoisotopic (exact) mass is 2020 g/mol. The standard InChI is InChI=1S/C34H32N2O7Si.C24H8O6.5C6H17NO3Si.2O2Si/c1-5-6-16-35-31(37)23-12-8-19-21-10-14-25-30-26(34(40)36(33(25)39)17-7-18-44(41-2,42-3)43-4)15-11-22(28(21)30)20-9-13-24(32(35)38)29(23)27(19)20;25-21-13-5-1-9-10-2-6-15-20-16(24(28)30-23(15)27)8-4-12(18(10)20)11-3-7-14(22(26)29-21)19(13)17(9)11;5*1-8-11(9-2,10-3)6-4-5-7;2*1-3-2/h8-15H,5-7,16-18H2,1-4H3;1-8H;5*4-7H2,1-3H3;;. The second-order valence-electron chi connectivity index (χ2n) is 30.0. The van der Waals surface area contributed by atoms with Crippen LogP contribution in [0.1, 0.15) is 141 Å². The fourth-order valence-corrected chi connectivity index (χ4v) is 26.9. The number of ether oxygens (including phenoxy) is 2. The number of imide groups is 2. The number of unbranched alkanes of at least 4 members (excludes halogenated alkanes) is 1. The van der Waals surface area contributed by atoms with E-state index in [-0.39, 0.29) is 30.2 Å². The van der Waals surface area contributed by atoms with Gasteiger partial charge in [0.2, 0.25) is 0 Å². The normalized spacial score (nSPS) is 13.4. The number of cyclic esters (lactones) is 4. The Balaban J connectivity index is 0.000000265. The molecular formula is C88H125N7O32Si8. The Hall–Kier alpha value is -8.62. The Morgan fingerprint density at radius 2 is 0.385 bits per heavy atom. The number of amides is 4. The third kappa shape index (κ3) is 25.5. The van der Waals surface area contributed by atoms with Crippen molar-refractivity contribution in [1.82, 2.24) is 9.80 Å². The molecule has 10 aromatic rings. The zero-order chi connectivity index (χ0) is 100. The van der Waals surface area contributed by atoms with E-state index >= 15 is 0 Å². The van der Waals surface area contributed by atoms with Crippen LogP contribution in [-0.2, 0) is 107 Å². The van der Waals surface area contributed by atoms with Crippen LogP contribution in [0.4, 0.5) is 0 Å². The van der Waals surface area contributed by atoms with E-state index < -0.39 is 95.3 Å². The number of fused-ring (bicyclic) bond motifs is 4. The molecule has 0 aromatic heterocycles. The van der Waals surface area contributed by atoms with Crippen molar-refractivity contribution in [1.29, 1.82) is 0 Å². The highest BCUT2D eigenvalue weighted by atomic mass is 28.4. The molecule has 4 amide bonds. The number of hydrogen-bond donors (Lipinski definition) is 5. The van der Waals surface area contributed by atoms with Crippen LogP contribution < -0.4 is 28.7 Å². The lowest BCUT2D eigenvalue weighted by atomic mass is 9.82. The van der Waals surface area contributed by atoms with Gasteiger partial charge in [0.15, 0.2) is 0 Å². The lowest BCUT2D eigenvalue weighted by Gasteiger charge is -2.30. The van der Waals surface area contributed by atoms with Crippen molar-refractivity contribution in [3.63, 3.8) is 0 Å². The molecule has 10 N–H and O–H groups in total. The maximum absolute atomic E-state index is 13.8. The van der Waals surface area contributed by atoms with E-state index in [1.54, 1.807) is 155 Å². The van der Waals surface area contributed by atoms with Crippen LogP contribution >= 0.6 is 0 Å². The van der Waals surface area contributed by atoms with Gasteiger partial charge in [-0.3, -0.25) is 46.8 Å². The highest BCUT2D eigenvalue weighted by molar-refractivity contribution is 6.62. The summed E-state index contributed by atoms with van der Waals surface area (Å²) in [4.78, 5) is 107. The molecule has 135 heavy (non-hydrogen) atoms. The van der Waals surface area contributed by atoms with Crippen LogP contribution in [0, 0.1) is 0 Å². The summed E-state index contributed by atoms with van der Waals surface area (Å²) < 4.78 is 138. The zero-order valence-electron chi connectivity index (χ0n) is 79.9. The van der Waals surface area contributed by atoms with Crippen LogP contribution in [0.3, 0.4) is 0 Å². The van der Waals surface area contributed by atoms with Gasteiger partial charge in [0.1, 0.15) is 0 Å². The van der Waals surface area contributed by atoms with E-state index in [1.165, 1.54) is 31.1 Å². The summed E-state index contributed by atoms with van der Waals surface area (Å²) in [5, 5.41) is 12.5. The van der Waals surface area contributed by atoms with E-state index in [1.807, 2.05) is 55.5 Å². The van der Waals surface area contributed by atoms with Gasteiger partial charge in [0.05, 0.1) is 22.3 Å². The van der Waals surface area contributed by atoms with Crippen molar-refractivity contribution in [2.45, 2.75) is 94.6 Å². The van der Waals surface area contributed by atoms with Gasteiger partial charge in [-0.25, -0.2) is 19.2 Å². The Labute approximate surface area is 794 Å². The minimum absolute atomic E-state index is 0.206. The highest BCUT2D eigenvalue weighted by Gasteiger charge is 2.44. The highest BCUT2D eigenvalue weighted by Crippen LogP contribution is 2.49. The van der Waals surface area contributed by atoms with E-state index in [0.29, 0.717) is 118 Å². The van der Waals surface area contributed by atoms with Gasteiger partial charge in [0, 0.05) is 221 Å². The number of nitrogens with two attached hydrogens (primary N) is 5. The lowest BCUT2D eigenvalue weighted by molar-refractivity contribution is 0.0373. The van der Waals surface area contributed by atoms with E-state index in [0.717, 1.165) is 140 Å². The molecule has 39 nitrogen and oxygen atoms in total. The van der Waals surface area contributed by atoms with E-state index in [9.17, 15) is 38.4 Å². The van der Waals surface area contributed by atoms with E-state index in [4.69, 9.17) is 136 Å². The van der Waals surface area contributed by atoms with E-state index in [2.05, 4.69) is 0 Å². The molecule has 0 fully saturated rings. The molecule has 4 aliphatic heterocycles. The molecule has 0 saturated carbocycles. The van der Waals surface area contributed by atoms with Crippen molar-refractivity contribution < 1.29 is 145 Å². The Morgan fingerprint density at radius 1 is 0.237 bits per heavy atom. The van der Waals surface area contributed by atoms with Crippen molar-refractivity contribution in [3.05, 3.63) is 142 Å². The molecule has 10 aromatic carbocycles. The van der Waals surface area contributed by atoms with Gasteiger partial charge >= 0.3 is 95.3 Å². The minimum atomic E-state index is -2.85. The predicted molar refractivity (Wildman–Crippen MR) is 517 cm³/mol. The molecule has 4 aliphatic rings. The quantitative estimate of drug-likeness (QED) is 0.00595. The maximum atomic E-state index is 13.8.